The van der Waals surface area contributed by atoms with Crippen molar-refractivity contribution in [1.29, 1.82) is 0 Å². The first-order valence-electron chi connectivity index (χ1n) is 4.87. The lowest BCUT2D eigenvalue weighted by Crippen LogP contribution is -2.21. The molecule has 3 N–H and O–H groups in total. The molecule has 0 saturated carbocycles. The summed E-state index contributed by atoms with van der Waals surface area (Å²) in [5, 5.41) is 18.6. The zero-order chi connectivity index (χ0) is 13.9. The minimum Gasteiger partial charge on any atom is -0.504 e. The molecule has 1 aromatic rings. The highest BCUT2D eigenvalue weighted by Crippen LogP contribution is 2.31. The number of carbonyl (C=O) groups excluding carboxylic acids is 1. The Morgan fingerprint density at radius 1 is 1.33 bits per heavy atom. The van der Waals surface area contributed by atoms with E-state index in [0.29, 0.717) is 0 Å². The highest BCUT2D eigenvalue weighted by atomic mass is 32.2. The standard InChI is InChI=1S/C10H13NO6S/c1-11-18(15,16)9-5-8(13)7(12)3-6(9)4-10(14)17-2/h3,5,11-13H,4H2,1-2H3. The summed E-state index contributed by atoms with van der Waals surface area (Å²) in [5.74, 6) is -1.76. The van der Waals surface area contributed by atoms with Gasteiger partial charge in [0.15, 0.2) is 11.5 Å². The third-order valence-corrected chi connectivity index (χ3v) is 3.77. The highest BCUT2D eigenvalue weighted by Gasteiger charge is 2.21. The number of nitrogens with one attached hydrogen (secondary N) is 1. The second kappa shape index (κ2) is 5.23. The summed E-state index contributed by atoms with van der Waals surface area (Å²) in [6, 6.07) is 1.88. The van der Waals surface area contributed by atoms with Crippen LogP contribution in [0.2, 0.25) is 0 Å². The molecule has 0 aromatic heterocycles. The van der Waals surface area contributed by atoms with Crippen molar-refractivity contribution in [2.75, 3.05) is 14.2 Å². The summed E-state index contributed by atoms with van der Waals surface area (Å²) < 4.78 is 29.9. The van der Waals surface area contributed by atoms with Crippen molar-refractivity contribution in [2.45, 2.75) is 11.3 Å². The maximum atomic E-state index is 11.7. The predicted molar refractivity (Wildman–Crippen MR) is 61.7 cm³/mol. The Morgan fingerprint density at radius 2 is 1.89 bits per heavy atom. The topological polar surface area (TPSA) is 113 Å². The van der Waals surface area contributed by atoms with Gasteiger partial charge in [-0.15, -0.1) is 0 Å². The maximum Gasteiger partial charge on any atom is 0.310 e. The number of esters is 1. The zero-order valence-corrected chi connectivity index (χ0v) is 10.6. The molecular weight excluding hydrogens is 262 g/mol. The summed E-state index contributed by atoms with van der Waals surface area (Å²) in [4.78, 5) is 10.9. The number of phenolic OH excluding ortho intramolecular Hbond substituents is 2. The van der Waals surface area contributed by atoms with Gasteiger partial charge in [0.1, 0.15) is 0 Å². The number of hydrogen-bond acceptors (Lipinski definition) is 6. The Kier molecular flexibility index (Phi) is 4.15. The van der Waals surface area contributed by atoms with E-state index in [1.54, 1.807) is 0 Å². The minimum atomic E-state index is -3.85. The van der Waals surface area contributed by atoms with Gasteiger partial charge in [0, 0.05) is 6.07 Å². The van der Waals surface area contributed by atoms with Gasteiger partial charge in [0.25, 0.3) is 0 Å². The molecule has 0 saturated heterocycles. The molecule has 0 unspecified atom stereocenters. The molecule has 0 aliphatic carbocycles. The molecule has 0 aliphatic heterocycles. The van der Waals surface area contributed by atoms with Gasteiger partial charge in [-0.05, 0) is 18.7 Å². The largest absolute Gasteiger partial charge is 0.504 e. The van der Waals surface area contributed by atoms with E-state index in [1.165, 1.54) is 7.05 Å². The van der Waals surface area contributed by atoms with Gasteiger partial charge >= 0.3 is 5.97 Å². The van der Waals surface area contributed by atoms with Gasteiger partial charge in [-0.3, -0.25) is 4.79 Å². The molecule has 8 heteroatoms. The van der Waals surface area contributed by atoms with E-state index in [9.17, 15) is 23.4 Å². The third kappa shape index (κ3) is 2.90. The van der Waals surface area contributed by atoms with Crippen LogP contribution in [0.25, 0.3) is 0 Å². The van der Waals surface area contributed by atoms with Crippen LogP contribution >= 0.6 is 0 Å². The fourth-order valence-electron chi connectivity index (χ4n) is 1.33. The molecule has 0 heterocycles. The second-order valence-electron chi connectivity index (χ2n) is 3.41. The van der Waals surface area contributed by atoms with Crippen molar-refractivity contribution in [3.8, 4) is 11.5 Å². The predicted octanol–water partition coefficient (Wildman–Crippen LogP) is -0.279. The summed E-state index contributed by atoms with van der Waals surface area (Å²) in [6.07, 6.45) is -0.333. The molecule has 0 radical (unpaired) electrons. The Morgan fingerprint density at radius 3 is 2.39 bits per heavy atom. The van der Waals surface area contributed by atoms with Crippen LogP contribution in [0.5, 0.6) is 11.5 Å². The fourth-order valence-corrected chi connectivity index (χ4v) is 2.29. The van der Waals surface area contributed by atoms with Crippen LogP contribution < -0.4 is 4.72 Å². The number of phenols is 2. The Bertz CT molecular complexity index is 566. The molecule has 1 aromatic carbocycles. The molecule has 0 bridgehead atoms. The number of sulfonamides is 1. The Balaban J connectivity index is 3.39. The minimum absolute atomic E-state index is 0.0338. The zero-order valence-electron chi connectivity index (χ0n) is 9.80. The first-order chi connectivity index (χ1) is 8.31. The summed E-state index contributed by atoms with van der Waals surface area (Å²) in [5.41, 5.74) is 0.0338. The van der Waals surface area contributed by atoms with Crippen LogP contribution in [0.3, 0.4) is 0 Å². The van der Waals surface area contributed by atoms with Crippen LogP contribution in [0, 0.1) is 0 Å². The number of carbonyl (C=O) groups is 1. The number of rotatable bonds is 4. The van der Waals surface area contributed by atoms with E-state index in [2.05, 4.69) is 9.46 Å². The summed E-state index contributed by atoms with van der Waals surface area (Å²) in [7, 11) is -1.49. The van der Waals surface area contributed by atoms with Gasteiger partial charge in [-0.1, -0.05) is 0 Å². The van der Waals surface area contributed by atoms with Crippen LogP contribution in [0.15, 0.2) is 17.0 Å². The van der Waals surface area contributed by atoms with Gasteiger partial charge in [-0.2, -0.15) is 0 Å². The molecule has 7 nitrogen and oxygen atoms in total. The van der Waals surface area contributed by atoms with Crippen molar-refractivity contribution >= 4 is 16.0 Å². The second-order valence-corrected chi connectivity index (χ2v) is 5.26. The van der Waals surface area contributed by atoms with Gasteiger partial charge < -0.3 is 14.9 Å². The number of hydrogen-bond donors (Lipinski definition) is 3. The van der Waals surface area contributed by atoms with Gasteiger partial charge in [-0.25, -0.2) is 13.1 Å². The monoisotopic (exact) mass is 275 g/mol. The van der Waals surface area contributed by atoms with Crippen LogP contribution in [-0.2, 0) is 26.0 Å². The van der Waals surface area contributed by atoms with E-state index >= 15 is 0 Å². The maximum absolute atomic E-state index is 11.7. The van der Waals surface area contributed by atoms with E-state index in [1.807, 2.05) is 0 Å². The molecular formula is C10H13NO6S. The SMILES string of the molecule is CNS(=O)(=O)c1cc(O)c(O)cc1CC(=O)OC. The molecule has 0 atom stereocenters. The average Bonchev–Trinajstić information content (AvgIpc) is 2.33. The Labute approximate surface area is 104 Å². The molecule has 0 fully saturated rings. The fraction of sp³-hybridized carbons (Fsp3) is 0.300. The van der Waals surface area contributed by atoms with Crippen LogP contribution in [-0.4, -0.2) is 38.8 Å². The van der Waals surface area contributed by atoms with Crippen molar-refractivity contribution in [3.63, 3.8) is 0 Å². The molecule has 1 rings (SSSR count). The summed E-state index contributed by atoms with van der Waals surface area (Å²) >= 11 is 0. The smallest absolute Gasteiger partial charge is 0.310 e. The first kappa shape index (κ1) is 14.3. The quantitative estimate of drug-likeness (QED) is 0.514. The molecule has 0 spiro atoms. The third-order valence-electron chi connectivity index (χ3n) is 2.28. The van der Waals surface area contributed by atoms with E-state index in [-0.39, 0.29) is 16.9 Å². The van der Waals surface area contributed by atoms with Crippen molar-refractivity contribution in [3.05, 3.63) is 17.7 Å². The number of ether oxygens (including phenoxy) is 1. The van der Waals surface area contributed by atoms with Crippen molar-refractivity contribution in [1.82, 2.24) is 4.72 Å². The van der Waals surface area contributed by atoms with Crippen molar-refractivity contribution in [2.24, 2.45) is 0 Å². The van der Waals surface area contributed by atoms with E-state index < -0.39 is 27.5 Å². The van der Waals surface area contributed by atoms with Gasteiger partial charge in [0.2, 0.25) is 10.0 Å². The average molecular weight is 275 g/mol. The number of methoxy groups -OCH3 is 1. The van der Waals surface area contributed by atoms with E-state index in [4.69, 9.17) is 0 Å². The number of benzene rings is 1. The normalized spacial score (nSPS) is 11.2. The first-order valence-corrected chi connectivity index (χ1v) is 6.35. The molecule has 0 amide bonds. The van der Waals surface area contributed by atoms with Crippen molar-refractivity contribution < 1.29 is 28.2 Å². The van der Waals surface area contributed by atoms with Gasteiger partial charge in [0.05, 0.1) is 18.4 Å². The summed E-state index contributed by atoms with van der Waals surface area (Å²) in [6.45, 7) is 0. The lowest BCUT2D eigenvalue weighted by atomic mass is 10.1. The highest BCUT2D eigenvalue weighted by molar-refractivity contribution is 7.89. The molecule has 18 heavy (non-hydrogen) atoms. The number of aromatic hydroxyl groups is 2. The molecule has 100 valence electrons. The van der Waals surface area contributed by atoms with E-state index in [0.717, 1.165) is 19.2 Å². The molecule has 0 aliphatic rings. The lowest BCUT2D eigenvalue weighted by molar-refractivity contribution is -0.139. The van der Waals surface area contributed by atoms with Crippen LogP contribution in [0.4, 0.5) is 0 Å². The van der Waals surface area contributed by atoms with Crippen LogP contribution in [0.1, 0.15) is 5.56 Å². The lowest BCUT2D eigenvalue weighted by Gasteiger charge is -2.10. The Hall–Kier alpha value is -1.80.